The minimum absolute atomic E-state index is 0.0193. The summed E-state index contributed by atoms with van der Waals surface area (Å²) >= 11 is 0. The first-order valence-corrected chi connectivity index (χ1v) is 10.9. The molecule has 7 nitrogen and oxygen atoms in total. The molecule has 3 N–H and O–H groups in total. The monoisotopic (exact) mass is 431 g/mol. The molecule has 1 aromatic heterocycles. The van der Waals surface area contributed by atoms with Gasteiger partial charge in [-0.2, -0.15) is 0 Å². The van der Waals surface area contributed by atoms with E-state index in [0.717, 1.165) is 45.8 Å². The van der Waals surface area contributed by atoms with Gasteiger partial charge in [-0.25, -0.2) is 0 Å². The van der Waals surface area contributed by atoms with Gasteiger partial charge in [-0.3, -0.25) is 4.99 Å². The number of hydrogen-bond donors (Lipinski definition) is 3. The summed E-state index contributed by atoms with van der Waals surface area (Å²) in [6.07, 6.45) is 2.01. The molecular weight excluding hydrogens is 402 g/mol. The number of likely N-dealkylation sites (N-methyl/N-ethyl adjacent to an activating group) is 2. The summed E-state index contributed by atoms with van der Waals surface area (Å²) in [5, 5.41) is 30.8. The molecule has 0 amide bonds. The van der Waals surface area contributed by atoms with E-state index in [1.807, 2.05) is 70.8 Å². The predicted octanol–water partition coefficient (Wildman–Crippen LogP) is 3.31. The fraction of sp³-hybridized carbons (Fsp3) is 0.320. The number of fused-ring (bicyclic) bond motifs is 3. The van der Waals surface area contributed by atoms with Crippen molar-refractivity contribution >= 4 is 38.1 Å². The van der Waals surface area contributed by atoms with Gasteiger partial charge >= 0.3 is 0 Å². The zero-order chi connectivity index (χ0) is 22.6. The lowest BCUT2D eigenvalue weighted by Crippen LogP contribution is -2.27. The molecular formula is C25H29N5O2. The Kier molecular flexibility index (Phi) is 4.95. The fourth-order valence-corrected chi connectivity index (χ4v) is 4.69. The van der Waals surface area contributed by atoms with Crippen LogP contribution in [0.2, 0.25) is 0 Å². The largest absolute Gasteiger partial charge is 0.507 e. The van der Waals surface area contributed by atoms with E-state index in [4.69, 9.17) is 4.99 Å². The number of nitrogens with zero attached hydrogens (tertiary/aromatic N) is 4. The second kappa shape index (κ2) is 7.69. The number of aromatic hydroxyl groups is 2. The number of hydrogen-bond acceptors (Lipinski definition) is 6. The Labute approximate surface area is 186 Å². The van der Waals surface area contributed by atoms with E-state index in [1.165, 1.54) is 0 Å². The van der Waals surface area contributed by atoms with Gasteiger partial charge in [0, 0.05) is 30.1 Å². The lowest BCUT2D eigenvalue weighted by Gasteiger charge is -2.20. The highest BCUT2D eigenvalue weighted by Gasteiger charge is 2.29. The summed E-state index contributed by atoms with van der Waals surface area (Å²) < 4.78 is 2.14. The second-order valence-corrected chi connectivity index (χ2v) is 9.03. The normalized spacial score (nSPS) is 16.2. The molecule has 0 saturated heterocycles. The number of benzene rings is 3. The first kappa shape index (κ1) is 20.6. The molecule has 0 radical (unpaired) electrons. The van der Waals surface area contributed by atoms with Gasteiger partial charge < -0.3 is 29.9 Å². The Bertz CT molecular complexity index is 1420. The summed E-state index contributed by atoms with van der Waals surface area (Å²) in [6, 6.07) is 11.6. The van der Waals surface area contributed by atoms with Crippen LogP contribution in [0.25, 0.3) is 32.4 Å². The van der Waals surface area contributed by atoms with E-state index in [1.54, 1.807) is 0 Å². The van der Waals surface area contributed by atoms with Crippen molar-refractivity contribution in [2.75, 3.05) is 53.1 Å². The van der Waals surface area contributed by atoms with E-state index in [2.05, 4.69) is 19.7 Å². The maximum absolute atomic E-state index is 11.5. The lowest BCUT2D eigenvalue weighted by atomic mass is 9.97. The van der Waals surface area contributed by atoms with Crippen molar-refractivity contribution in [1.82, 2.24) is 14.4 Å². The van der Waals surface area contributed by atoms with Gasteiger partial charge in [0.1, 0.15) is 17.7 Å². The van der Waals surface area contributed by atoms with Crippen LogP contribution in [0.5, 0.6) is 11.5 Å². The van der Waals surface area contributed by atoms with E-state index in [9.17, 15) is 10.2 Å². The van der Waals surface area contributed by atoms with E-state index >= 15 is 0 Å². The Hall–Kier alpha value is -3.29. The minimum atomic E-state index is -0.0193. The molecule has 0 saturated carbocycles. The third kappa shape index (κ3) is 3.16. The maximum atomic E-state index is 11.5. The first-order valence-electron chi connectivity index (χ1n) is 10.9. The van der Waals surface area contributed by atoms with Crippen molar-refractivity contribution < 1.29 is 10.2 Å². The van der Waals surface area contributed by atoms with Gasteiger partial charge in [0.25, 0.3) is 0 Å². The molecule has 1 atom stereocenters. The quantitative estimate of drug-likeness (QED) is 0.334. The first-order chi connectivity index (χ1) is 15.4. The van der Waals surface area contributed by atoms with Crippen LogP contribution in [0.4, 0.5) is 5.69 Å². The molecule has 4 aromatic rings. The molecule has 3 aromatic carbocycles. The van der Waals surface area contributed by atoms with Crippen LogP contribution in [0.15, 0.2) is 47.6 Å². The summed E-state index contributed by atoms with van der Waals surface area (Å²) in [4.78, 5) is 9.02. The van der Waals surface area contributed by atoms with Crippen molar-refractivity contribution in [2.45, 2.75) is 6.17 Å². The van der Waals surface area contributed by atoms with Gasteiger partial charge in [0.05, 0.1) is 33.9 Å². The number of phenolic OH excluding ortho intramolecular Hbond substituents is 2. The molecule has 166 valence electrons. The SMILES string of the molecule is CN(C)CCN=c1ccn2c3c(c4c(O)c5ccccc5cc4c(O)c13)NC2CN(C)C. The van der Waals surface area contributed by atoms with Crippen molar-refractivity contribution in [3.63, 3.8) is 0 Å². The molecule has 7 heteroatoms. The van der Waals surface area contributed by atoms with Gasteiger partial charge in [-0.1, -0.05) is 24.3 Å². The smallest absolute Gasteiger partial charge is 0.135 e. The van der Waals surface area contributed by atoms with Crippen LogP contribution in [-0.2, 0) is 0 Å². The number of nitrogens with one attached hydrogen (secondary N) is 1. The van der Waals surface area contributed by atoms with Gasteiger partial charge in [0.15, 0.2) is 0 Å². The summed E-state index contributed by atoms with van der Waals surface area (Å²) in [7, 11) is 8.11. The number of phenols is 2. The van der Waals surface area contributed by atoms with Crippen molar-refractivity contribution in [1.29, 1.82) is 0 Å². The van der Waals surface area contributed by atoms with E-state index in [0.29, 0.717) is 17.3 Å². The van der Waals surface area contributed by atoms with Crippen LogP contribution < -0.4 is 10.7 Å². The van der Waals surface area contributed by atoms with Crippen LogP contribution in [-0.4, -0.2) is 72.4 Å². The highest BCUT2D eigenvalue weighted by molar-refractivity contribution is 6.21. The van der Waals surface area contributed by atoms with E-state index in [-0.39, 0.29) is 17.7 Å². The minimum Gasteiger partial charge on any atom is -0.507 e. The Morgan fingerprint density at radius 3 is 2.47 bits per heavy atom. The average Bonchev–Trinajstić information content (AvgIpc) is 3.10. The summed E-state index contributed by atoms with van der Waals surface area (Å²) in [5.41, 5.74) is 1.71. The molecule has 32 heavy (non-hydrogen) atoms. The van der Waals surface area contributed by atoms with Crippen molar-refractivity contribution in [2.24, 2.45) is 4.99 Å². The number of aromatic nitrogens is 1. The summed E-state index contributed by atoms with van der Waals surface area (Å²) in [6.45, 7) is 2.23. The zero-order valence-electron chi connectivity index (χ0n) is 18.9. The van der Waals surface area contributed by atoms with Crippen molar-refractivity contribution in [3.05, 3.63) is 48.0 Å². The molecule has 1 unspecified atom stereocenters. The van der Waals surface area contributed by atoms with Gasteiger partial charge in [0.2, 0.25) is 0 Å². The molecule has 0 spiro atoms. The highest BCUT2D eigenvalue weighted by atomic mass is 16.3. The number of pyridine rings is 1. The standard InChI is InChI=1S/C25H29N5O2/c1-28(2)12-10-26-18-9-11-30-19(14-29(3)4)27-22-20-17(25(32)21(18)23(22)30)13-15-7-5-6-8-16(15)24(20)31/h5-9,11,13,19,27,31-32H,10,12,14H2,1-4H3. The third-order valence-corrected chi connectivity index (χ3v) is 6.16. The predicted molar refractivity (Wildman–Crippen MR) is 130 cm³/mol. The Morgan fingerprint density at radius 1 is 0.969 bits per heavy atom. The molecule has 0 fully saturated rings. The van der Waals surface area contributed by atoms with Gasteiger partial charge in [-0.05, 0) is 45.7 Å². The highest BCUT2D eigenvalue weighted by Crippen LogP contribution is 2.49. The lowest BCUT2D eigenvalue weighted by molar-refractivity contribution is 0.351. The summed E-state index contributed by atoms with van der Waals surface area (Å²) in [5.74, 6) is 0.342. The Balaban J connectivity index is 1.89. The molecule has 2 heterocycles. The van der Waals surface area contributed by atoms with Crippen LogP contribution in [0.1, 0.15) is 6.17 Å². The fourth-order valence-electron chi connectivity index (χ4n) is 4.69. The number of anilines is 1. The van der Waals surface area contributed by atoms with Crippen LogP contribution in [0.3, 0.4) is 0 Å². The maximum Gasteiger partial charge on any atom is 0.135 e. The molecule has 5 rings (SSSR count). The zero-order valence-corrected chi connectivity index (χ0v) is 18.9. The molecule has 1 aliphatic rings. The number of rotatable bonds is 5. The van der Waals surface area contributed by atoms with E-state index < -0.39 is 0 Å². The Morgan fingerprint density at radius 2 is 1.72 bits per heavy atom. The average molecular weight is 432 g/mol. The third-order valence-electron chi connectivity index (χ3n) is 6.16. The second-order valence-electron chi connectivity index (χ2n) is 9.03. The molecule has 0 bridgehead atoms. The van der Waals surface area contributed by atoms with Crippen LogP contribution >= 0.6 is 0 Å². The van der Waals surface area contributed by atoms with Crippen LogP contribution in [0, 0.1) is 0 Å². The van der Waals surface area contributed by atoms with Crippen molar-refractivity contribution in [3.8, 4) is 11.5 Å². The molecule has 1 aliphatic heterocycles. The topological polar surface area (TPSA) is 76.3 Å². The molecule has 0 aliphatic carbocycles. The van der Waals surface area contributed by atoms with Gasteiger partial charge in [-0.15, -0.1) is 0 Å².